The minimum Gasteiger partial charge on any atom is -0.473 e. The fraction of sp³-hybridized carbons (Fsp3) is 0.667. The summed E-state index contributed by atoms with van der Waals surface area (Å²) in [6, 6.07) is 0. The standard InChI is InChI=1S/C12H22N4O3/c1-9(2)19-12-10(13)11(14-8-15-12)16(4-6-17)5-7-18-3/h8-9,17H,4-7,13H2,1-3H3. The van der Waals surface area contributed by atoms with E-state index in [2.05, 4.69) is 9.97 Å². The molecule has 108 valence electrons. The van der Waals surface area contributed by atoms with Crippen molar-refractivity contribution in [3.05, 3.63) is 6.33 Å². The van der Waals surface area contributed by atoms with E-state index in [4.69, 9.17) is 20.3 Å². The molecule has 1 rings (SSSR count). The van der Waals surface area contributed by atoms with Gasteiger partial charge in [-0.15, -0.1) is 0 Å². The molecule has 0 radical (unpaired) electrons. The third-order valence-electron chi connectivity index (χ3n) is 2.41. The van der Waals surface area contributed by atoms with Gasteiger partial charge in [0.1, 0.15) is 12.0 Å². The molecule has 0 fully saturated rings. The van der Waals surface area contributed by atoms with E-state index >= 15 is 0 Å². The van der Waals surface area contributed by atoms with E-state index < -0.39 is 0 Å². The highest BCUT2D eigenvalue weighted by Gasteiger charge is 2.16. The van der Waals surface area contributed by atoms with Crippen molar-refractivity contribution in [2.75, 3.05) is 44.0 Å². The minimum atomic E-state index is -0.0182. The summed E-state index contributed by atoms with van der Waals surface area (Å²) in [6.45, 7) is 5.33. The zero-order valence-electron chi connectivity index (χ0n) is 11.7. The second-order valence-corrected chi connectivity index (χ2v) is 4.29. The molecule has 0 saturated carbocycles. The van der Waals surface area contributed by atoms with Crippen LogP contribution in [0, 0.1) is 0 Å². The Labute approximate surface area is 113 Å². The van der Waals surface area contributed by atoms with Gasteiger partial charge in [-0.2, -0.15) is 4.98 Å². The Bertz CT molecular complexity index is 387. The summed E-state index contributed by atoms with van der Waals surface area (Å²) in [5.41, 5.74) is 6.40. The zero-order valence-corrected chi connectivity index (χ0v) is 11.7. The average molecular weight is 270 g/mol. The van der Waals surface area contributed by atoms with Gasteiger partial charge in [-0.1, -0.05) is 0 Å². The number of ether oxygens (including phenoxy) is 2. The van der Waals surface area contributed by atoms with E-state index in [-0.39, 0.29) is 12.7 Å². The molecule has 0 aliphatic rings. The lowest BCUT2D eigenvalue weighted by molar-refractivity contribution is 0.202. The molecule has 3 N–H and O–H groups in total. The van der Waals surface area contributed by atoms with Gasteiger partial charge in [-0.3, -0.25) is 0 Å². The van der Waals surface area contributed by atoms with Crippen LogP contribution in [0.25, 0.3) is 0 Å². The molecule has 0 aliphatic heterocycles. The SMILES string of the molecule is COCCN(CCO)c1ncnc(OC(C)C)c1N. The van der Waals surface area contributed by atoms with Crippen LogP contribution >= 0.6 is 0 Å². The van der Waals surface area contributed by atoms with Crippen LogP contribution in [0.1, 0.15) is 13.8 Å². The predicted molar refractivity (Wildman–Crippen MR) is 73.4 cm³/mol. The van der Waals surface area contributed by atoms with Crippen LogP contribution in [0.4, 0.5) is 11.5 Å². The molecule has 7 heteroatoms. The summed E-state index contributed by atoms with van der Waals surface area (Å²) >= 11 is 0. The summed E-state index contributed by atoms with van der Waals surface area (Å²) in [5.74, 6) is 0.914. The number of hydrogen-bond donors (Lipinski definition) is 2. The van der Waals surface area contributed by atoms with Crippen molar-refractivity contribution >= 4 is 11.5 Å². The average Bonchev–Trinajstić information content (AvgIpc) is 2.37. The first kappa shape index (κ1) is 15.5. The van der Waals surface area contributed by atoms with Crippen molar-refractivity contribution in [3.63, 3.8) is 0 Å². The number of nitrogens with two attached hydrogens (primary N) is 1. The number of methoxy groups -OCH3 is 1. The van der Waals surface area contributed by atoms with E-state index in [1.807, 2.05) is 18.7 Å². The lowest BCUT2D eigenvalue weighted by Crippen LogP contribution is -2.32. The quantitative estimate of drug-likeness (QED) is 0.701. The summed E-state index contributed by atoms with van der Waals surface area (Å²) in [6.07, 6.45) is 1.39. The number of aromatic nitrogens is 2. The van der Waals surface area contributed by atoms with Crippen molar-refractivity contribution in [1.82, 2.24) is 9.97 Å². The number of anilines is 2. The maximum absolute atomic E-state index is 9.10. The Morgan fingerprint density at radius 3 is 2.68 bits per heavy atom. The molecule has 0 amide bonds. The molecule has 1 aromatic rings. The Morgan fingerprint density at radius 2 is 2.11 bits per heavy atom. The third-order valence-corrected chi connectivity index (χ3v) is 2.41. The molecule has 19 heavy (non-hydrogen) atoms. The molecule has 0 aliphatic carbocycles. The number of nitrogens with zero attached hydrogens (tertiary/aromatic N) is 3. The van der Waals surface area contributed by atoms with Gasteiger partial charge >= 0.3 is 0 Å². The van der Waals surface area contributed by atoms with Crippen LogP contribution in [0.3, 0.4) is 0 Å². The fourth-order valence-corrected chi connectivity index (χ4v) is 1.59. The van der Waals surface area contributed by atoms with Crippen molar-refractivity contribution in [3.8, 4) is 5.88 Å². The van der Waals surface area contributed by atoms with Crippen molar-refractivity contribution in [2.45, 2.75) is 20.0 Å². The number of rotatable bonds is 8. The van der Waals surface area contributed by atoms with Crippen LogP contribution in [0.5, 0.6) is 5.88 Å². The third kappa shape index (κ3) is 4.53. The predicted octanol–water partition coefficient (Wildman–Crippen LogP) is 0.291. The van der Waals surface area contributed by atoms with E-state index in [0.717, 1.165) is 0 Å². The number of aliphatic hydroxyl groups excluding tert-OH is 1. The zero-order chi connectivity index (χ0) is 14.3. The maximum atomic E-state index is 9.10. The van der Waals surface area contributed by atoms with Gasteiger partial charge in [0.2, 0.25) is 5.88 Å². The van der Waals surface area contributed by atoms with Crippen molar-refractivity contribution in [2.24, 2.45) is 0 Å². The number of aliphatic hydroxyl groups is 1. The Kier molecular flexibility index (Phi) is 6.31. The molecular weight excluding hydrogens is 248 g/mol. The molecule has 1 aromatic heterocycles. The van der Waals surface area contributed by atoms with Gasteiger partial charge in [0.05, 0.1) is 19.3 Å². The topological polar surface area (TPSA) is 93.7 Å². The smallest absolute Gasteiger partial charge is 0.242 e. The van der Waals surface area contributed by atoms with Gasteiger partial charge < -0.3 is 25.2 Å². The van der Waals surface area contributed by atoms with Crippen LogP contribution in [0.15, 0.2) is 6.33 Å². The van der Waals surface area contributed by atoms with E-state index in [0.29, 0.717) is 37.1 Å². The van der Waals surface area contributed by atoms with Gasteiger partial charge in [0.25, 0.3) is 0 Å². The largest absolute Gasteiger partial charge is 0.473 e. The van der Waals surface area contributed by atoms with Crippen LogP contribution in [0.2, 0.25) is 0 Å². The van der Waals surface area contributed by atoms with Crippen LogP contribution in [-0.4, -0.2) is 54.6 Å². The highest BCUT2D eigenvalue weighted by Crippen LogP contribution is 2.28. The second kappa shape index (κ2) is 7.75. The van der Waals surface area contributed by atoms with Gasteiger partial charge in [-0.25, -0.2) is 4.98 Å². The normalized spacial score (nSPS) is 10.8. The van der Waals surface area contributed by atoms with Gasteiger partial charge in [-0.05, 0) is 13.8 Å². The Balaban J connectivity index is 2.95. The minimum absolute atomic E-state index is 0.00747. The molecule has 0 bridgehead atoms. The van der Waals surface area contributed by atoms with Crippen LogP contribution in [-0.2, 0) is 4.74 Å². The van der Waals surface area contributed by atoms with Crippen molar-refractivity contribution in [1.29, 1.82) is 0 Å². The number of hydrogen-bond acceptors (Lipinski definition) is 7. The second-order valence-electron chi connectivity index (χ2n) is 4.29. The Hall–Kier alpha value is -1.60. The lowest BCUT2D eigenvalue weighted by Gasteiger charge is -2.24. The summed E-state index contributed by atoms with van der Waals surface area (Å²) in [7, 11) is 1.62. The van der Waals surface area contributed by atoms with E-state index in [1.54, 1.807) is 7.11 Å². The first-order chi connectivity index (χ1) is 9.10. The fourth-order valence-electron chi connectivity index (χ4n) is 1.59. The van der Waals surface area contributed by atoms with Gasteiger partial charge in [0.15, 0.2) is 5.82 Å². The summed E-state index contributed by atoms with van der Waals surface area (Å²) < 4.78 is 10.6. The highest BCUT2D eigenvalue weighted by molar-refractivity contribution is 5.67. The van der Waals surface area contributed by atoms with Crippen molar-refractivity contribution < 1.29 is 14.6 Å². The molecule has 1 heterocycles. The van der Waals surface area contributed by atoms with Gasteiger partial charge in [0, 0.05) is 20.2 Å². The Morgan fingerprint density at radius 1 is 1.37 bits per heavy atom. The first-order valence-corrected chi connectivity index (χ1v) is 6.22. The molecular formula is C12H22N4O3. The number of nitrogen functional groups attached to an aromatic ring is 1. The molecule has 0 atom stereocenters. The van der Waals surface area contributed by atoms with E-state index in [1.165, 1.54) is 6.33 Å². The first-order valence-electron chi connectivity index (χ1n) is 6.22. The molecule has 0 saturated heterocycles. The summed E-state index contributed by atoms with van der Waals surface area (Å²) in [4.78, 5) is 10.0. The monoisotopic (exact) mass is 270 g/mol. The van der Waals surface area contributed by atoms with Crippen LogP contribution < -0.4 is 15.4 Å². The highest BCUT2D eigenvalue weighted by atomic mass is 16.5. The molecule has 7 nitrogen and oxygen atoms in total. The molecule has 0 aromatic carbocycles. The van der Waals surface area contributed by atoms with E-state index in [9.17, 15) is 0 Å². The summed E-state index contributed by atoms with van der Waals surface area (Å²) in [5, 5.41) is 9.10. The molecule has 0 spiro atoms. The maximum Gasteiger partial charge on any atom is 0.242 e. The molecule has 0 unspecified atom stereocenters. The lowest BCUT2D eigenvalue weighted by atomic mass is 10.3.